The maximum Gasteiger partial charge on any atom is 0.413 e. The molecule has 2 N–H and O–H groups in total. The van der Waals surface area contributed by atoms with Gasteiger partial charge in [-0.2, -0.15) is 18.7 Å². The van der Waals surface area contributed by atoms with E-state index in [4.69, 9.17) is 10.7 Å². The minimum Gasteiger partial charge on any atom is -0.316 e. The molecule has 1 fully saturated rings. The van der Waals surface area contributed by atoms with Crippen molar-refractivity contribution in [3.05, 3.63) is 10.4 Å². The Morgan fingerprint density at radius 1 is 1.36 bits per heavy atom. The largest absolute Gasteiger partial charge is 0.413 e. The van der Waals surface area contributed by atoms with E-state index in [1.165, 1.54) is 0 Å². The third kappa shape index (κ3) is 4.93. The van der Waals surface area contributed by atoms with Crippen LogP contribution in [0.25, 0.3) is 0 Å². The molecule has 2 aliphatic rings. The van der Waals surface area contributed by atoms with Crippen LogP contribution in [0.5, 0.6) is 0 Å². The van der Waals surface area contributed by atoms with Crippen LogP contribution in [0.15, 0.2) is 4.90 Å². The number of alkyl halides is 5. The van der Waals surface area contributed by atoms with Crippen molar-refractivity contribution < 1.29 is 40.0 Å². The number of rotatable bonds is 6. The Morgan fingerprint density at radius 3 is 2.54 bits per heavy atom. The van der Waals surface area contributed by atoms with Gasteiger partial charge < -0.3 is 5.32 Å². The fraction of sp³-hybridized carbons (Fsp3) is 0.643. The maximum atomic E-state index is 13.1. The van der Waals surface area contributed by atoms with Crippen LogP contribution in [-0.4, -0.2) is 39.1 Å². The highest BCUT2D eigenvalue weighted by Gasteiger charge is 2.61. The first-order valence-corrected chi connectivity index (χ1v) is 11.1. The van der Waals surface area contributed by atoms with Gasteiger partial charge in [0, 0.05) is 28.0 Å². The number of fused-ring (bicyclic) bond motifs is 1. The monoisotopic (exact) mass is 468 g/mol. The van der Waals surface area contributed by atoms with E-state index in [1.54, 1.807) is 0 Å². The molecule has 0 aromatic carbocycles. The molecular formula is C14H14ClF5N2O4S2. The Hall–Kier alpha value is -1.02. The van der Waals surface area contributed by atoms with Crippen molar-refractivity contribution in [3.8, 4) is 0 Å². The van der Waals surface area contributed by atoms with Crippen molar-refractivity contribution in [2.24, 2.45) is 5.92 Å². The second-order valence-corrected chi connectivity index (χ2v) is 10.2. The molecule has 3 rings (SSSR count). The number of anilines is 1. The highest BCUT2D eigenvalue weighted by Crippen LogP contribution is 2.50. The van der Waals surface area contributed by atoms with Crippen LogP contribution < -0.4 is 10.8 Å². The smallest absolute Gasteiger partial charge is 0.316 e. The first-order valence-electron chi connectivity index (χ1n) is 8.00. The first kappa shape index (κ1) is 21.7. The van der Waals surface area contributed by atoms with Gasteiger partial charge in [-0.15, -0.1) is 11.3 Å². The molecule has 2 atom stereocenters. The third-order valence-corrected chi connectivity index (χ3v) is 7.06. The molecule has 1 aromatic rings. The summed E-state index contributed by atoms with van der Waals surface area (Å²) in [5.74, 6) is -5.65. The minimum absolute atomic E-state index is 0.0135. The van der Waals surface area contributed by atoms with E-state index in [0.717, 1.165) is 11.3 Å². The van der Waals surface area contributed by atoms with Crippen molar-refractivity contribution in [1.29, 1.82) is 0 Å². The second-order valence-electron chi connectivity index (χ2n) is 6.57. The van der Waals surface area contributed by atoms with Gasteiger partial charge in [-0.3, -0.25) is 9.63 Å². The molecule has 1 heterocycles. The first-order chi connectivity index (χ1) is 12.8. The molecule has 1 aromatic heterocycles. The number of hydroxylamine groups is 1. The number of aryl methyl sites for hydroxylation is 1. The molecule has 0 bridgehead atoms. The van der Waals surface area contributed by atoms with Crippen LogP contribution in [0.4, 0.5) is 27.0 Å². The van der Waals surface area contributed by atoms with Crippen molar-refractivity contribution >= 4 is 42.0 Å². The van der Waals surface area contributed by atoms with Crippen molar-refractivity contribution in [2.45, 2.75) is 48.7 Å². The zero-order valence-corrected chi connectivity index (χ0v) is 16.3. The zero-order chi connectivity index (χ0) is 20.9. The van der Waals surface area contributed by atoms with Crippen LogP contribution in [0.2, 0.25) is 0 Å². The summed E-state index contributed by atoms with van der Waals surface area (Å²) in [6.45, 7) is -1.52. The molecule has 6 nitrogen and oxygen atoms in total. The Balaban J connectivity index is 1.77. The summed E-state index contributed by atoms with van der Waals surface area (Å²) in [6, 6.07) is -0.613. The SMILES string of the molecule is O=C(Nc1sc2c(c1S(=O)(=O)Cl)C[C@@H](NOCC(F)(F)F)CC2)C1CC1(F)F. The molecule has 0 aliphatic heterocycles. The van der Waals surface area contributed by atoms with Crippen LogP contribution in [0.3, 0.4) is 0 Å². The summed E-state index contributed by atoms with van der Waals surface area (Å²) in [5, 5.41) is 2.04. The summed E-state index contributed by atoms with van der Waals surface area (Å²) < 4.78 is 86.6. The number of hydrogen-bond acceptors (Lipinski definition) is 6. The van der Waals surface area contributed by atoms with Gasteiger partial charge in [0.15, 0.2) is 6.61 Å². The number of nitrogens with one attached hydrogen (secondary N) is 2. The van der Waals surface area contributed by atoms with Gasteiger partial charge in [-0.1, -0.05) is 0 Å². The number of halogens is 6. The summed E-state index contributed by atoms with van der Waals surface area (Å²) >= 11 is 0.904. The zero-order valence-electron chi connectivity index (χ0n) is 13.9. The lowest BCUT2D eigenvalue weighted by Crippen LogP contribution is -2.37. The molecule has 0 radical (unpaired) electrons. The van der Waals surface area contributed by atoms with Crippen LogP contribution in [0.1, 0.15) is 23.3 Å². The highest BCUT2D eigenvalue weighted by atomic mass is 35.7. The van der Waals surface area contributed by atoms with Crippen LogP contribution >= 0.6 is 22.0 Å². The molecule has 0 spiro atoms. The lowest BCUT2D eigenvalue weighted by atomic mass is 9.95. The molecular weight excluding hydrogens is 455 g/mol. The minimum atomic E-state index is -4.53. The molecule has 158 valence electrons. The van der Waals surface area contributed by atoms with E-state index in [-0.39, 0.29) is 17.0 Å². The molecule has 1 amide bonds. The molecule has 0 saturated heterocycles. The highest BCUT2D eigenvalue weighted by molar-refractivity contribution is 8.14. The van der Waals surface area contributed by atoms with Crippen LogP contribution in [0, 0.1) is 5.92 Å². The average molecular weight is 469 g/mol. The molecule has 1 saturated carbocycles. The number of carbonyl (C=O) groups is 1. The number of hydrogen-bond donors (Lipinski definition) is 2. The Bertz CT molecular complexity index is 887. The fourth-order valence-electron chi connectivity index (χ4n) is 2.94. The van der Waals surface area contributed by atoms with E-state index in [9.17, 15) is 35.2 Å². The number of carbonyl (C=O) groups excluding carboxylic acids is 1. The van der Waals surface area contributed by atoms with Crippen LogP contribution in [-0.2, 0) is 31.5 Å². The van der Waals surface area contributed by atoms with E-state index in [2.05, 4.69) is 15.6 Å². The standard InChI is InChI=1S/C14H14ClF5N2O4S2/c15-28(24,25)10-7-3-6(22-26-5-14(18,19)20)1-2-9(7)27-12(10)21-11(23)8-4-13(8,16)17/h6,8,22H,1-5H2,(H,21,23)/t6-,8?/m0/s1. The van der Waals surface area contributed by atoms with Gasteiger partial charge in [0.1, 0.15) is 15.8 Å². The van der Waals surface area contributed by atoms with Crippen molar-refractivity contribution in [1.82, 2.24) is 5.48 Å². The average Bonchev–Trinajstić information content (AvgIpc) is 3.00. The fourth-order valence-corrected chi connectivity index (χ4v) is 6.02. The van der Waals surface area contributed by atoms with Crippen molar-refractivity contribution in [2.75, 3.05) is 11.9 Å². The van der Waals surface area contributed by atoms with E-state index in [1.807, 2.05) is 0 Å². The van der Waals surface area contributed by atoms with Gasteiger partial charge in [0.2, 0.25) is 5.91 Å². The van der Waals surface area contributed by atoms with Gasteiger partial charge in [-0.05, 0) is 24.8 Å². The molecule has 14 heteroatoms. The summed E-state index contributed by atoms with van der Waals surface area (Å²) in [7, 11) is 1.12. The van der Waals surface area contributed by atoms with E-state index >= 15 is 0 Å². The quantitative estimate of drug-likeness (QED) is 0.380. The normalized spacial score (nSPS) is 23.9. The van der Waals surface area contributed by atoms with Crippen molar-refractivity contribution in [3.63, 3.8) is 0 Å². The lowest BCUT2D eigenvalue weighted by molar-refractivity contribution is -0.193. The summed E-state index contributed by atoms with van der Waals surface area (Å²) in [5.41, 5.74) is 2.48. The second kappa shape index (κ2) is 7.35. The van der Waals surface area contributed by atoms with E-state index < -0.39 is 56.9 Å². The predicted octanol–water partition coefficient (Wildman–Crippen LogP) is 3.21. The number of thiophene rings is 1. The Kier molecular flexibility index (Phi) is 5.69. The number of amides is 1. The summed E-state index contributed by atoms with van der Waals surface area (Å²) in [4.78, 5) is 16.5. The lowest BCUT2D eigenvalue weighted by Gasteiger charge is -2.23. The van der Waals surface area contributed by atoms with Gasteiger partial charge in [-0.25, -0.2) is 17.2 Å². The Morgan fingerprint density at radius 2 is 2.00 bits per heavy atom. The van der Waals surface area contributed by atoms with Gasteiger partial charge in [0.25, 0.3) is 15.0 Å². The predicted molar refractivity (Wildman–Crippen MR) is 90.0 cm³/mol. The molecule has 2 aliphatic carbocycles. The van der Waals surface area contributed by atoms with Gasteiger partial charge >= 0.3 is 6.18 Å². The molecule has 1 unspecified atom stereocenters. The Labute approximate surface area is 164 Å². The summed E-state index contributed by atoms with van der Waals surface area (Å²) in [6.07, 6.45) is -4.51. The topological polar surface area (TPSA) is 84.5 Å². The third-order valence-electron chi connectivity index (χ3n) is 4.32. The molecule has 28 heavy (non-hydrogen) atoms. The van der Waals surface area contributed by atoms with Gasteiger partial charge in [0.05, 0.1) is 0 Å². The van der Waals surface area contributed by atoms with E-state index in [0.29, 0.717) is 17.7 Å². The maximum absolute atomic E-state index is 13.1.